The molecule has 0 heterocycles. The molecule has 0 radical (unpaired) electrons. The fourth-order valence-corrected chi connectivity index (χ4v) is 10.6. The van der Waals surface area contributed by atoms with Gasteiger partial charge in [-0.3, -0.25) is 18.6 Å². The van der Waals surface area contributed by atoms with Crippen molar-refractivity contribution in [2.75, 3.05) is 47.5 Å². The van der Waals surface area contributed by atoms with Crippen molar-refractivity contribution in [1.82, 2.24) is 0 Å². The number of carbonyl (C=O) groups is 2. The van der Waals surface area contributed by atoms with Crippen LogP contribution >= 0.6 is 7.82 Å². The number of nitrogens with zero attached hydrogens (tertiary/aromatic N) is 1. The Balaban J connectivity index is 4.04. The Bertz CT molecular complexity index is 2030. The van der Waals surface area contributed by atoms with Crippen LogP contribution in [0.15, 0.2) is 146 Å². The average Bonchev–Trinajstić information content (AvgIpc) is 3.58. The second kappa shape index (κ2) is 69.2. The third kappa shape index (κ3) is 72.9. The minimum Gasteiger partial charge on any atom is -0.462 e. The SMILES string of the molecule is CC/C=C\C/C=C\C/C=C\C/C=C\C/C=C\C/C=C\C/C=C\C/C=C\CCCCCCCCCCCCCCCCC(=O)OC(COC(=O)CCCCCCCCCCCCCCCC/C=C\C/C=C\C/C=C\C/C=C\CC)COP(=O)(O)OCC[N+](C)(C)C. The summed E-state index contributed by atoms with van der Waals surface area (Å²) in [5.41, 5.74) is 0. The van der Waals surface area contributed by atoms with Gasteiger partial charge in [0.15, 0.2) is 6.10 Å². The number of likely N-dealkylation sites (N-methyl/N-ethyl adjacent to an activating group) is 1. The molecule has 0 aliphatic carbocycles. The lowest BCUT2D eigenvalue weighted by Crippen LogP contribution is -2.37. The maximum absolute atomic E-state index is 12.9. The highest BCUT2D eigenvalue weighted by Gasteiger charge is 2.27. The van der Waals surface area contributed by atoms with Crippen LogP contribution in [0.25, 0.3) is 0 Å². The smallest absolute Gasteiger partial charge is 0.462 e. The molecule has 0 amide bonds. The standard InChI is InChI=1S/C80H136NO8P/c1-6-8-10-12-14-16-18-20-22-24-26-28-30-32-34-35-36-37-38-39-40-41-42-43-44-45-47-49-51-53-55-57-59-61-63-65-67-69-71-73-80(83)89-78(77-88-90(84,85)87-75-74-81(3,4)5)76-86-79(82)72-70-68-66-64-62-60-58-56-54-52-50-48-46-33-31-29-27-25-23-21-19-17-15-13-11-9-7-2/h8-11,14-17,20-23,26-29,32,34,36-37,39-40,42-43,78H,6-7,12-13,18-19,24-25,30-31,33,35,38,41,44-77H2,1-5H3/p+1/b10-8-,11-9-,16-14-,17-15-,22-20-,23-21-,28-26-,29-27-,34-32-,37-36-,40-39-,43-42-. The Morgan fingerprint density at radius 2 is 0.600 bits per heavy atom. The molecule has 0 saturated carbocycles. The van der Waals surface area contributed by atoms with E-state index in [1.807, 2.05) is 21.1 Å². The van der Waals surface area contributed by atoms with E-state index in [1.165, 1.54) is 148 Å². The third-order valence-electron chi connectivity index (χ3n) is 15.4. The summed E-state index contributed by atoms with van der Waals surface area (Å²) >= 11 is 0. The second-order valence-corrected chi connectivity index (χ2v) is 26.7. The average molecular weight is 1270 g/mol. The highest BCUT2D eigenvalue weighted by molar-refractivity contribution is 7.47. The number of hydrogen-bond donors (Lipinski definition) is 1. The molecular weight excluding hydrogens is 1130 g/mol. The van der Waals surface area contributed by atoms with E-state index in [2.05, 4.69) is 160 Å². The predicted octanol–water partition coefficient (Wildman–Crippen LogP) is 24.2. The molecule has 2 atom stereocenters. The number of unbranched alkanes of at least 4 members (excludes halogenated alkanes) is 28. The molecule has 0 aromatic heterocycles. The van der Waals surface area contributed by atoms with Crippen LogP contribution in [-0.2, 0) is 32.7 Å². The fraction of sp³-hybridized carbons (Fsp3) is 0.675. The highest BCUT2D eigenvalue weighted by Crippen LogP contribution is 2.43. The van der Waals surface area contributed by atoms with E-state index in [-0.39, 0.29) is 32.0 Å². The van der Waals surface area contributed by atoms with E-state index in [4.69, 9.17) is 18.5 Å². The molecule has 1 N–H and O–H groups in total. The third-order valence-corrected chi connectivity index (χ3v) is 16.3. The molecule has 0 saturated heterocycles. The molecule has 10 heteroatoms. The lowest BCUT2D eigenvalue weighted by atomic mass is 10.0. The summed E-state index contributed by atoms with van der Waals surface area (Å²) in [5, 5.41) is 0. The van der Waals surface area contributed by atoms with Crippen LogP contribution in [0.2, 0.25) is 0 Å². The Morgan fingerprint density at radius 1 is 0.344 bits per heavy atom. The lowest BCUT2D eigenvalue weighted by Gasteiger charge is -2.24. The number of allylic oxidation sites excluding steroid dienone is 24. The maximum Gasteiger partial charge on any atom is 0.472 e. The Kier molecular flexibility index (Phi) is 66.1. The molecule has 0 aromatic rings. The minimum absolute atomic E-state index is 0.0266. The topological polar surface area (TPSA) is 108 Å². The van der Waals surface area contributed by atoms with Crippen molar-refractivity contribution in [2.45, 2.75) is 302 Å². The first-order valence-electron chi connectivity index (χ1n) is 36.6. The predicted molar refractivity (Wildman–Crippen MR) is 390 cm³/mol. The van der Waals surface area contributed by atoms with Crippen molar-refractivity contribution in [3.05, 3.63) is 146 Å². The van der Waals surface area contributed by atoms with Crippen molar-refractivity contribution >= 4 is 19.8 Å². The Labute approximate surface area is 554 Å². The van der Waals surface area contributed by atoms with E-state index in [0.29, 0.717) is 17.4 Å². The maximum atomic E-state index is 12.9. The van der Waals surface area contributed by atoms with Crippen LogP contribution in [0.4, 0.5) is 0 Å². The summed E-state index contributed by atoms with van der Waals surface area (Å²) < 4.78 is 34.8. The molecule has 9 nitrogen and oxygen atoms in total. The summed E-state index contributed by atoms with van der Waals surface area (Å²) in [4.78, 5) is 35.9. The van der Waals surface area contributed by atoms with Crippen LogP contribution in [0.3, 0.4) is 0 Å². The van der Waals surface area contributed by atoms with Gasteiger partial charge in [-0.1, -0.05) is 314 Å². The quantitative estimate of drug-likeness (QED) is 0.0211. The number of esters is 2. The van der Waals surface area contributed by atoms with Gasteiger partial charge in [0, 0.05) is 12.8 Å². The summed E-state index contributed by atoms with van der Waals surface area (Å²) in [5.74, 6) is -0.797. The molecule has 0 aromatic carbocycles. The van der Waals surface area contributed by atoms with Gasteiger partial charge in [-0.25, -0.2) is 4.57 Å². The largest absolute Gasteiger partial charge is 0.472 e. The summed E-state index contributed by atoms with van der Waals surface area (Å²) in [6.45, 7) is 4.22. The zero-order valence-electron chi connectivity index (χ0n) is 58.6. The summed E-state index contributed by atoms with van der Waals surface area (Å²) in [6, 6.07) is 0. The molecule has 0 aliphatic heterocycles. The first-order valence-corrected chi connectivity index (χ1v) is 38.1. The number of rotatable bonds is 66. The van der Waals surface area contributed by atoms with Crippen molar-refractivity contribution in [3.8, 4) is 0 Å². The van der Waals surface area contributed by atoms with Gasteiger partial charge in [0.1, 0.15) is 19.8 Å². The number of phosphoric acid groups is 1. The van der Waals surface area contributed by atoms with Gasteiger partial charge in [0.2, 0.25) is 0 Å². The highest BCUT2D eigenvalue weighted by atomic mass is 31.2. The zero-order chi connectivity index (χ0) is 65.5. The zero-order valence-corrected chi connectivity index (χ0v) is 59.5. The molecule has 2 unspecified atom stereocenters. The molecule has 0 spiro atoms. The Hall–Kier alpha value is -4.11. The van der Waals surface area contributed by atoms with Crippen LogP contribution < -0.4 is 0 Å². The van der Waals surface area contributed by atoms with E-state index < -0.39 is 26.5 Å². The molecule has 0 fully saturated rings. The van der Waals surface area contributed by atoms with Crippen LogP contribution in [0.5, 0.6) is 0 Å². The van der Waals surface area contributed by atoms with Crippen molar-refractivity contribution < 1.29 is 42.1 Å². The van der Waals surface area contributed by atoms with Gasteiger partial charge in [-0.05, 0) is 116 Å². The lowest BCUT2D eigenvalue weighted by molar-refractivity contribution is -0.870. The molecule has 0 bridgehead atoms. The van der Waals surface area contributed by atoms with E-state index in [9.17, 15) is 19.0 Å². The number of phosphoric ester groups is 1. The van der Waals surface area contributed by atoms with Crippen LogP contribution in [0.1, 0.15) is 296 Å². The van der Waals surface area contributed by atoms with Crippen LogP contribution in [-0.4, -0.2) is 74.9 Å². The van der Waals surface area contributed by atoms with Gasteiger partial charge in [-0.15, -0.1) is 0 Å². The molecule has 514 valence electrons. The number of ether oxygens (including phenoxy) is 2. The van der Waals surface area contributed by atoms with Gasteiger partial charge >= 0.3 is 19.8 Å². The molecular formula is C80H137NO8P+. The van der Waals surface area contributed by atoms with Gasteiger partial charge in [-0.2, -0.15) is 0 Å². The number of carbonyl (C=O) groups excluding carboxylic acids is 2. The van der Waals surface area contributed by atoms with Crippen molar-refractivity contribution in [1.29, 1.82) is 0 Å². The minimum atomic E-state index is -4.40. The Morgan fingerprint density at radius 3 is 0.889 bits per heavy atom. The van der Waals surface area contributed by atoms with E-state index in [0.717, 1.165) is 116 Å². The number of hydrogen-bond acceptors (Lipinski definition) is 7. The second-order valence-electron chi connectivity index (χ2n) is 25.2. The molecule has 0 aliphatic rings. The first kappa shape index (κ1) is 85.9. The van der Waals surface area contributed by atoms with Gasteiger partial charge in [0.05, 0.1) is 27.7 Å². The fourth-order valence-electron chi connectivity index (χ4n) is 9.85. The van der Waals surface area contributed by atoms with E-state index in [1.54, 1.807) is 0 Å². The summed E-state index contributed by atoms with van der Waals surface area (Å²) in [6.07, 6.45) is 102. The normalized spacial score (nSPS) is 14.0. The van der Waals surface area contributed by atoms with Crippen molar-refractivity contribution in [2.24, 2.45) is 0 Å². The van der Waals surface area contributed by atoms with E-state index >= 15 is 0 Å². The molecule has 0 rings (SSSR count). The monoisotopic (exact) mass is 1270 g/mol. The van der Waals surface area contributed by atoms with Crippen molar-refractivity contribution in [3.63, 3.8) is 0 Å². The van der Waals surface area contributed by atoms with Crippen LogP contribution in [0, 0.1) is 0 Å². The van der Waals surface area contributed by atoms with Gasteiger partial charge < -0.3 is 18.9 Å². The summed E-state index contributed by atoms with van der Waals surface area (Å²) in [7, 11) is 1.47. The first-order chi connectivity index (χ1) is 44.0. The molecule has 90 heavy (non-hydrogen) atoms. The van der Waals surface area contributed by atoms with Gasteiger partial charge in [0.25, 0.3) is 0 Å². The number of quaternary nitrogens is 1.